The number of rotatable bonds is 10. The van der Waals surface area contributed by atoms with Crippen LogP contribution in [-0.4, -0.2) is 66.4 Å². The Kier molecular flexibility index (Phi) is 11.5. The van der Waals surface area contributed by atoms with Crippen molar-refractivity contribution in [3.8, 4) is 0 Å². The maximum absolute atomic E-state index is 12.7. The van der Waals surface area contributed by atoms with Crippen LogP contribution in [0.25, 0.3) is 0 Å². The van der Waals surface area contributed by atoms with Gasteiger partial charge in [-0.25, -0.2) is 14.4 Å². The number of alkyl carbamates (subject to hydrolysis) is 1. The molecule has 0 spiro atoms. The first-order valence-electron chi connectivity index (χ1n) is 11.2. The minimum atomic E-state index is -0.590. The second kappa shape index (κ2) is 13.5. The van der Waals surface area contributed by atoms with Gasteiger partial charge < -0.3 is 36.6 Å². The van der Waals surface area contributed by atoms with Crippen molar-refractivity contribution in [3.05, 3.63) is 35.9 Å². The van der Waals surface area contributed by atoms with Crippen LogP contribution < -0.4 is 27.0 Å². The number of ether oxygens (including phenoxy) is 1. The average Bonchev–Trinajstić information content (AvgIpc) is 2.73. The number of nitrogens with one attached hydrogen (secondary N) is 4. The van der Waals surface area contributed by atoms with Crippen LogP contribution in [0.5, 0.6) is 0 Å². The van der Waals surface area contributed by atoms with E-state index in [1.807, 2.05) is 37.3 Å². The van der Waals surface area contributed by atoms with E-state index in [-0.39, 0.29) is 37.2 Å². The lowest BCUT2D eigenvalue weighted by Gasteiger charge is -2.29. The van der Waals surface area contributed by atoms with Gasteiger partial charge in [0.2, 0.25) is 0 Å². The van der Waals surface area contributed by atoms with Crippen molar-refractivity contribution in [3.63, 3.8) is 0 Å². The zero-order chi connectivity index (χ0) is 25.0. The molecule has 0 radical (unpaired) electrons. The number of carbonyl (C=O) groups excluding carboxylic acids is 3. The van der Waals surface area contributed by atoms with Crippen LogP contribution in [0.1, 0.15) is 47.1 Å². The second-order valence-corrected chi connectivity index (χ2v) is 9.19. The number of hydrogen-bond acceptors (Lipinski definition) is 5. The first-order chi connectivity index (χ1) is 15.4. The van der Waals surface area contributed by atoms with Gasteiger partial charge in [-0.15, -0.1) is 0 Å². The van der Waals surface area contributed by atoms with Crippen molar-refractivity contribution >= 4 is 18.2 Å². The summed E-state index contributed by atoms with van der Waals surface area (Å²) in [7, 11) is 0. The third-order valence-electron chi connectivity index (χ3n) is 4.60. The van der Waals surface area contributed by atoms with E-state index in [9.17, 15) is 14.4 Å². The summed E-state index contributed by atoms with van der Waals surface area (Å²) in [5, 5.41) is 11.0. The Morgan fingerprint density at radius 2 is 1.55 bits per heavy atom. The first-order valence-corrected chi connectivity index (χ1v) is 11.2. The molecule has 6 N–H and O–H groups in total. The standard InChI is InChI=1S/C23H40N6O4/c1-16(27-20(30)25-13-17(2)28-22(32)33-23(4,5)6)14-26-21(31)29(18(3)12-24)15-19-10-8-7-9-11-19/h7-11,16-18H,12-15,24H2,1-6H3,(H,26,31)(H,28,32)(H2,25,27,30)/t16-,17+,18+/m1/s1. The molecule has 3 atom stereocenters. The van der Waals surface area contributed by atoms with Crippen molar-refractivity contribution in [2.75, 3.05) is 19.6 Å². The van der Waals surface area contributed by atoms with E-state index >= 15 is 0 Å². The van der Waals surface area contributed by atoms with Crippen LogP contribution in [0, 0.1) is 0 Å². The van der Waals surface area contributed by atoms with Gasteiger partial charge in [0.25, 0.3) is 0 Å². The number of carbonyl (C=O) groups is 3. The van der Waals surface area contributed by atoms with E-state index < -0.39 is 17.7 Å². The molecule has 10 heteroatoms. The van der Waals surface area contributed by atoms with E-state index in [2.05, 4.69) is 21.3 Å². The number of urea groups is 2. The zero-order valence-electron chi connectivity index (χ0n) is 20.6. The predicted molar refractivity (Wildman–Crippen MR) is 129 cm³/mol. The SMILES string of the molecule is C[C@H](CNC(=O)N(Cc1ccccc1)[C@@H](C)CN)NC(=O)NC[C@H](C)NC(=O)OC(C)(C)C. The van der Waals surface area contributed by atoms with Gasteiger partial charge in [-0.3, -0.25) is 0 Å². The van der Waals surface area contributed by atoms with E-state index in [4.69, 9.17) is 10.5 Å². The summed E-state index contributed by atoms with van der Waals surface area (Å²) in [6.07, 6.45) is -0.542. The zero-order valence-corrected chi connectivity index (χ0v) is 20.6. The normalized spacial score (nSPS) is 13.8. The number of hydrogen-bond donors (Lipinski definition) is 5. The second-order valence-electron chi connectivity index (χ2n) is 9.19. The summed E-state index contributed by atoms with van der Waals surface area (Å²) < 4.78 is 5.19. The molecule has 33 heavy (non-hydrogen) atoms. The molecule has 5 amide bonds. The maximum Gasteiger partial charge on any atom is 0.407 e. The van der Waals surface area contributed by atoms with Gasteiger partial charge in [0.15, 0.2) is 0 Å². The highest BCUT2D eigenvalue weighted by molar-refractivity contribution is 5.76. The monoisotopic (exact) mass is 464 g/mol. The Morgan fingerprint density at radius 3 is 2.12 bits per heavy atom. The Morgan fingerprint density at radius 1 is 0.970 bits per heavy atom. The molecule has 0 aromatic heterocycles. The maximum atomic E-state index is 12.7. The van der Waals surface area contributed by atoms with Crippen LogP contribution in [0.15, 0.2) is 30.3 Å². The minimum absolute atomic E-state index is 0.143. The molecule has 0 saturated carbocycles. The molecule has 186 valence electrons. The van der Waals surface area contributed by atoms with Crippen molar-refractivity contribution in [1.82, 2.24) is 26.2 Å². The van der Waals surface area contributed by atoms with Gasteiger partial charge >= 0.3 is 18.2 Å². The van der Waals surface area contributed by atoms with Crippen molar-refractivity contribution in [2.24, 2.45) is 5.73 Å². The Bertz CT molecular complexity index is 753. The van der Waals surface area contributed by atoms with E-state index in [1.54, 1.807) is 39.5 Å². The number of benzene rings is 1. The lowest BCUT2D eigenvalue weighted by atomic mass is 10.2. The lowest BCUT2D eigenvalue weighted by molar-refractivity contribution is 0.0508. The fraction of sp³-hybridized carbons (Fsp3) is 0.609. The highest BCUT2D eigenvalue weighted by atomic mass is 16.6. The van der Waals surface area contributed by atoms with Gasteiger partial charge in [0.05, 0.1) is 0 Å². The van der Waals surface area contributed by atoms with Crippen LogP contribution in [0.2, 0.25) is 0 Å². The molecule has 0 saturated heterocycles. The number of nitrogens with zero attached hydrogens (tertiary/aromatic N) is 1. The Labute approximate surface area is 197 Å². The molecule has 0 aliphatic carbocycles. The Balaban J connectivity index is 2.42. The van der Waals surface area contributed by atoms with Gasteiger partial charge in [-0.2, -0.15) is 0 Å². The van der Waals surface area contributed by atoms with E-state index in [0.717, 1.165) is 5.56 Å². The number of amides is 5. The Hall–Kier alpha value is -3.01. The van der Waals surface area contributed by atoms with Gasteiger partial charge in [0.1, 0.15) is 5.60 Å². The van der Waals surface area contributed by atoms with E-state index in [1.165, 1.54) is 0 Å². The number of nitrogens with two attached hydrogens (primary N) is 1. The van der Waals surface area contributed by atoms with Crippen molar-refractivity contribution in [1.29, 1.82) is 0 Å². The van der Waals surface area contributed by atoms with Crippen LogP contribution in [0.3, 0.4) is 0 Å². The molecular weight excluding hydrogens is 424 g/mol. The van der Waals surface area contributed by atoms with Crippen molar-refractivity contribution < 1.29 is 19.1 Å². The van der Waals surface area contributed by atoms with Crippen LogP contribution >= 0.6 is 0 Å². The van der Waals surface area contributed by atoms with Crippen LogP contribution in [0.4, 0.5) is 14.4 Å². The minimum Gasteiger partial charge on any atom is -0.444 e. The summed E-state index contributed by atoms with van der Waals surface area (Å²) in [6, 6.07) is 8.27. The fourth-order valence-corrected chi connectivity index (χ4v) is 2.81. The van der Waals surface area contributed by atoms with Gasteiger partial charge in [0, 0.05) is 44.3 Å². The average molecular weight is 465 g/mol. The molecule has 0 aliphatic heterocycles. The third kappa shape index (κ3) is 12.0. The molecular formula is C23H40N6O4. The van der Waals surface area contributed by atoms with Gasteiger partial charge in [-0.1, -0.05) is 30.3 Å². The molecule has 0 fully saturated rings. The molecule has 10 nitrogen and oxygen atoms in total. The molecule has 1 rings (SSSR count). The summed E-state index contributed by atoms with van der Waals surface area (Å²) >= 11 is 0. The topological polar surface area (TPSA) is 138 Å². The lowest BCUT2D eigenvalue weighted by Crippen LogP contribution is -2.52. The summed E-state index contributed by atoms with van der Waals surface area (Å²) in [5.41, 5.74) is 6.20. The predicted octanol–water partition coefficient (Wildman–Crippen LogP) is 2.15. The highest BCUT2D eigenvalue weighted by Crippen LogP contribution is 2.08. The van der Waals surface area contributed by atoms with Crippen LogP contribution in [-0.2, 0) is 11.3 Å². The molecule has 0 unspecified atom stereocenters. The van der Waals surface area contributed by atoms with Gasteiger partial charge in [-0.05, 0) is 47.1 Å². The quantitative estimate of drug-likeness (QED) is 0.361. The molecule has 1 aromatic rings. The molecule has 1 aromatic carbocycles. The highest BCUT2D eigenvalue weighted by Gasteiger charge is 2.21. The summed E-state index contributed by atoms with van der Waals surface area (Å²) in [6.45, 7) is 12.0. The first kappa shape index (κ1) is 28.0. The molecule has 0 heterocycles. The molecule has 0 aliphatic rings. The summed E-state index contributed by atoms with van der Waals surface area (Å²) in [4.78, 5) is 38.3. The van der Waals surface area contributed by atoms with Crippen molar-refractivity contribution in [2.45, 2.75) is 71.8 Å². The molecule has 0 bridgehead atoms. The van der Waals surface area contributed by atoms with E-state index in [0.29, 0.717) is 13.1 Å². The largest absolute Gasteiger partial charge is 0.444 e. The third-order valence-corrected chi connectivity index (χ3v) is 4.60. The fourth-order valence-electron chi connectivity index (χ4n) is 2.81. The summed E-state index contributed by atoms with van der Waals surface area (Å²) in [5.74, 6) is 0. The smallest absolute Gasteiger partial charge is 0.407 e.